The summed E-state index contributed by atoms with van der Waals surface area (Å²) < 4.78 is 1.41. The molecule has 0 saturated heterocycles. The van der Waals surface area contributed by atoms with Crippen LogP contribution in [-0.4, -0.2) is 8.07 Å². The molecule has 0 bridgehead atoms. The van der Waals surface area contributed by atoms with E-state index in [1.165, 1.54) is 53.9 Å². The van der Waals surface area contributed by atoms with Crippen LogP contribution in [0.25, 0.3) is 11.1 Å². The van der Waals surface area contributed by atoms with Crippen LogP contribution in [0.2, 0.25) is 0 Å². The Labute approximate surface area is 321 Å². The van der Waals surface area contributed by atoms with E-state index >= 15 is 0 Å². The van der Waals surface area contributed by atoms with Gasteiger partial charge in [-0.2, -0.15) is 0 Å². The van der Waals surface area contributed by atoms with E-state index in [0.717, 1.165) is 38.5 Å². The molecule has 0 spiro atoms. The van der Waals surface area contributed by atoms with Crippen molar-refractivity contribution < 1.29 is 57.7 Å². The van der Waals surface area contributed by atoms with Gasteiger partial charge in [0, 0.05) is 0 Å². The van der Waals surface area contributed by atoms with Crippen molar-refractivity contribution in [3.05, 3.63) is 142 Å². The smallest absolute Gasteiger partial charge is 1.00 e. The van der Waals surface area contributed by atoms with Crippen LogP contribution >= 0.6 is 0 Å². The van der Waals surface area contributed by atoms with Gasteiger partial charge < -0.3 is 37.2 Å². The molecule has 248 valence electrons. The van der Waals surface area contributed by atoms with Crippen LogP contribution in [0, 0.1) is 0 Å². The number of rotatable bonds is 10. The second-order valence-electron chi connectivity index (χ2n) is 12.8. The maximum absolute atomic E-state index is 2.81. The van der Waals surface area contributed by atoms with E-state index in [1.807, 2.05) is 0 Å². The summed E-state index contributed by atoms with van der Waals surface area (Å²) in [5.74, 6) is 0. The molecule has 0 radical (unpaired) electrons. The van der Waals surface area contributed by atoms with Crippen molar-refractivity contribution in [1.29, 1.82) is 0 Å². The maximum Gasteiger partial charge on any atom is -1.00 e. The van der Waals surface area contributed by atoms with E-state index < -0.39 is 8.07 Å². The predicted octanol–water partition coefficient (Wildman–Crippen LogP) is -0.933. The molecule has 1 unspecified atom stereocenters. The normalized spacial score (nSPS) is 13.1. The number of aryl methyl sites for hydroxylation is 6. The Hall–Kier alpha value is -2.10. The van der Waals surface area contributed by atoms with Gasteiger partial charge in [-0.1, -0.05) is 0 Å². The van der Waals surface area contributed by atoms with E-state index in [9.17, 15) is 0 Å². The van der Waals surface area contributed by atoms with Crippen LogP contribution < -0.4 is 56.6 Å². The van der Waals surface area contributed by atoms with Crippen LogP contribution in [0.4, 0.5) is 0 Å². The van der Waals surface area contributed by atoms with Crippen LogP contribution in [0.3, 0.4) is 0 Å². The van der Waals surface area contributed by atoms with Crippen LogP contribution in [0.15, 0.2) is 97.1 Å². The van der Waals surface area contributed by atoms with Gasteiger partial charge in [-0.3, -0.25) is 0 Å². The van der Waals surface area contributed by atoms with Gasteiger partial charge in [0.2, 0.25) is 0 Å². The minimum Gasteiger partial charge on any atom is -1.00 e. The molecule has 0 saturated carbocycles. The van der Waals surface area contributed by atoms with E-state index in [1.54, 1.807) is 21.1 Å². The number of halogens is 3. The molecular weight excluding hydrogens is 699 g/mol. The number of hydrogen-bond acceptors (Lipinski definition) is 0. The molecule has 0 heterocycles. The van der Waals surface area contributed by atoms with Crippen molar-refractivity contribution in [1.82, 2.24) is 0 Å². The molecule has 0 fully saturated rings. The molecule has 5 aromatic carbocycles. The Morgan fingerprint density at radius 3 is 1.19 bits per heavy atom. The van der Waals surface area contributed by atoms with Crippen LogP contribution in [0.5, 0.6) is 0 Å². The first kappa shape index (κ1) is 40.3. The van der Waals surface area contributed by atoms with Crippen molar-refractivity contribution in [2.45, 2.75) is 85.6 Å². The van der Waals surface area contributed by atoms with E-state index in [0.29, 0.717) is 0 Å². The van der Waals surface area contributed by atoms with Gasteiger partial charge in [-0.15, -0.1) is 0 Å². The fraction of sp³-hybridized carbons (Fsp3) is 0.302. The van der Waals surface area contributed by atoms with Gasteiger partial charge in [0.15, 0.2) is 0 Å². The summed E-state index contributed by atoms with van der Waals surface area (Å²) in [7, 11) is -2.81. The molecule has 48 heavy (non-hydrogen) atoms. The summed E-state index contributed by atoms with van der Waals surface area (Å²) in [5.41, 5.74) is 14.9. The Balaban J connectivity index is 0.00000208. The van der Waals surface area contributed by atoms with E-state index in [2.05, 4.69) is 159 Å². The predicted molar refractivity (Wildman–Crippen MR) is 194 cm³/mol. The Kier molecular flexibility index (Phi) is 14.5. The molecule has 1 aliphatic carbocycles. The molecule has 0 N–H and O–H groups in total. The first-order chi connectivity index (χ1) is 21.9. The zero-order valence-electron chi connectivity index (χ0n) is 29.2. The van der Waals surface area contributed by atoms with Gasteiger partial charge in [-0.05, 0) is 0 Å². The van der Waals surface area contributed by atoms with Gasteiger partial charge in [-0.25, -0.2) is 0 Å². The van der Waals surface area contributed by atoms with Crippen LogP contribution in [-0.2, 0) is 59.0 Å². The fourth-order valence-corrected chi connectivity index (χ4v) is 14.7. The number of fused-ring (bicyclic) bond motifs is 3. The second-order valence-corrected chi connectivity index (χ2v) is 17.6. The third-order valence-electron chi connectivity index (χ3n) is 10.4. The Morgan fingerprint density at radius 1 is 0.458 bits per heavy atom. The second kappa shape index (κ2) is 17.2. The molecule has 0 aromatic heterocycles. The molecular formula is C43H47Cl3SiTi. The summed E-state index contributed by atoms with van der Waals surface area (Å²) in [6.45, 7) is 14.0. The van der Waals surface area contributed by atoms with Crippen molar-refractivity contribution in [2.75, 3.05) is 0 Å². The van der Waals surface area contributed by atoms with Gasteiger partial charge in [0.05, 0.1) is 0 Å². The minimum absolute atomic E-state index is 0. The molecule has 5 heteroatoms. The Bertz CT molecular complexity index is 1660. The zero-order chi connectivity index (χ0) is 31.7. The molecule has 6 rings (SSSR count). The van der Waals surface area contributed by atoms with Crippen molar-refractivity contribution in [2.24, 2.45) is 0 Å². The topological polar surface area (TPSA) is 0 Å². The molecule has 0 amide bonds. The first-order valence-corrected chi connectivity index (χ1v) is 20.1. The standard InChI is InChI=1S/C43H47Si.3ClH.Ti/c1-7-30-21-31(8-2)25-36(24-30)44(37-26-32(9-3)22-33(10-4)27-37,38-28-34(11-5)23-35(12-6)29-38)43-41-19-15-13-17-39(41)40-18-14-16-20-42(40)43;;;;/h13-19,21-29,43H,7-12H2,1-6H3;3*1H;/q;;;;+3/p-3. The molecule has 0 aliphatic heterocycles. The zero-order valence-corrected chi connectivity index (χ0v) is 34.0. The fourth-order valence-electron chi connectivity index (χ4n) is 7.91. The van der Waals surface area contributed by atoms with Gasteiger partial charge in [0.1, 0.15) is 0 Å². The summed E-state index contributed by atoms with van der Waals surface area (Å²) in [6.07, 6.45) is 6.29. The molecule has 1 atom stereocenters. The third kappa shape index (κ3) is 7.07. The van der Waals surface area contributed by atoms with Crippen molar-refractivity contribution >= 4 is 27.5 Å². The summed E-state index contributed by atoms with van der Waals surface area (Å²) in [5, 5.41) is 4.71. The van der Waals surface area contributed by atoms with Crippen LogP contribution in [0.1, 0.15) is 91.6 Å². The quantitative estimate of drug-likeness (QED) is 0.128. The van der Waals surface area contributed by atoms with Crippen molar-refractivity contribution in [3.8, 4) is 11.1 Å². The molecule has 1 aliphatic rings. The van der Waals surface area contributed by atoms with E-state index in [4.69, 9.17) is 0 Å². The van der Waals surface area contributed by atoms with Crippen molar-refractivity contribution in [3.63, 3.8) is 0 Å². The maximum atomic E-state index is 2.62. The molecule has 0 nitrogen and oxygen atoms in total. The number of benzene rings is 5. The average Bonchev–Trinajstić information content (AvgIpc) is 3.43. The number of hydrogen-bond donors (Lipinski definition) is 0. The Morgan fingerprint density at radius 2 is 0.812 bits per heavy atom. The third-order valence-corrected chi connectivity index (χ3v) is 16.1. The van der Waals surface area contributed by atoms with Gasteiger partial charge in [0.25, 0.3) is 0 Å². The van der Waals surface area contributed by atoms with Gasteiger partial charge >= 0.3 is 286 Å². The summed E-state index contributed by atoms with van der Waals surface area (Å²) in [6, 6.07) is 39.5. The first-order valence-electron chi connectivity index (χ1n) is 17.2. The average molecular weight is 746 g/mol. The SMILES string of the molecule is CCc1cc(CC)cc([Si](c2cc(CC)cc(CC)c2)(c2cc(CC)cc(CC)c2)C2c3ccccc3-c3ccc[c]([Ti+3])c32)c1.[Cl-].[Cl-].[Cl-]. The monoisotopic (exact) mass is 744 g/mol. The summed E-state index contributed by atoms with van der Waals surface area (Å²) >= 11 is 2.36. The minimum atomic E-state index is -2.81. The van der Waals surface area contributed by atoms with E-state index in [-0.39, 0.29) is 42.8 Å². The molecule has 5 aromatic rings. The summed E-state index contributed by atoms with van der Waals surface area (Å²) in [4.78, 5) is 0. The largest absolute Gasteiger partial charge is 1.00 e.